The largest absolute Gasteiger partial charge is 0.389 e. The highest BCUT2D eigenvalue weighted by molar-refractivity contribution is 9.10. The van der Waals surface area contributed by atoms with Gasteiger partial charge in [0, 0.05) is 23.2 Å². The lowest BCUT2D eigenvalue weighted by Crippen LogP contribution is -2.32. The monoisotopic (exact) mass is 347 g/mol. The minimum absolute atomic E-state index is 0.0364. The molecule has 2 atom stereocenters. The molecule has 1 N–H and O–H groups in total. The Morgan fingerprint density at radius 1 is 1.47 bits per heavy atom. The van der Waals surface area contributed by atoms with Gasteiger partial charge >= 0.3 is 0 Å². The van der Waals surface area contributed by atoms with Crippen LogP contribution < -0.4 is 4.90 Å². The molecule has 0 amide bonds. The lowest BCUT2D eigenvalue weighted by atomic mass is 10.1. The van der Waals surface area contributed by atoms with E-state index < -0.39 is 15.9 Å². The van der Waals surface area contributed by atoms with Gasteiger partial charge in [-0.05, 0) is 31.0 Å². The first-order valence-electron chi connectivity index (χ1n) is 6.21. The van der Waals surface area contributed by atoms with Crippen molar-refractivity contribution in [2.45, 2.75) is 25.5 Å². The molecule has 6 heteroatoms. The van der Waals surface area contributed by atoms with Crippen molar-refractivity contribution in [3.8, 4) is 0 Å². The van der Waals surface area contributed by atoms with Crippen molar-refractivity contribution in [2.75, 3.05) is 23.5 Å². The first kappa shape index (κ1) is 14.8. The lowest BCUT2D eigenvalue weighted by molar-refractivity contribution is 0.198. The van der Waals surface area contributed by atoms with E-state index in [0.29, 0.717) is 6.42 Å². The smallest absolute Gasteiger partial charge is 0.152 e. The normalized spacial score (nSPS) is 23.3. The van der Waals surface area contributed by atoms with Gasteiger partial charge in [0.2, 0.25) is 0 Å². The molecular formula is C13H18BrNO3S. The van der Waals surface area contributed by atoms with E-state index in [1.54, 1.807) is 6.92 Å². The Morgan fingerprint density at radius 3 is 2.63 bits per heavy atom. The van der Waals surface area contributed by atoms with E-state index in [1.807, 2.05) is 30.1 Å². The molecule has 106 valence electrons. The molecule has 0 radical (unpaired) electrons. The molecule has 0 aromatic heterocycles. The van der Waals surface area contributed by atoms with E-state index >= 15 is 0 Å². The number of sulfone groups is 1. The van der Waals surface area contributed by atoms with Gasteiger partial charge in [-0.1, -0.05) is 22.0 Å². The van der Waals surface area contributed by atoms with Crippen LogP contribution in [0.5, 0.6) is 0 Å². The van der Waals surface area contributed by atoms with Crippen molar-refractivity contribution in [2.24, 2.45) is 0 Å². The molecule has 0 bridgehead atoms. The Hall–Kier alpha value is -0.590. The maximum atomic E-state index is 11.5. The highest BCUT2D eigenvalue weighted by Crippen LogP contribution is 2.30. The van der Waals surface area contributed by atoms with Crippen molar-refractivity contribution in [1.29, 1.82) is 0 Å². The number of rotatable bonds is 3. The van der Waals surface area contributed by atoms with Crippen LogP contribution in [0.2, 0.25) is 0 Å². The number of anilines is 1. The van der Waals surface area contributed by atoms with Crippen molar-refractivity contribution >= 4 is 31.5 Å². The van der Waals surface area contributed by atoms with Gasteiger partial charge in [-0.2, -0.15) is 0 Å². The summed E-state index contributed by atoms with van der Waals surface area (Å²) in [6.45, 7) is 1.72. The van der Waals surface area contributed by atoms with Gasteiger partial charge in [0.25, 0.3) is 0 Å². The fraction of sp³-hybridized carbons (Fsp3) is 0.538. The molecule has 1 aliphatic rings. The Kier molecular flexibility index (Phi) is 4.23. The summed E-state index contributed by atoms with van der Waals surface area (Å²) in [5, 5.41) is 9.59. The summed E-state index contributed by atoms with van der Waals surface area (Å²) in [4.78, 5) is 2.00. The standard InChI is InChI=1S/C13H18BrNO3S/c1-9(16)12-4-3-10(7-13(12)14)15(2)11-5-6-19(17,18)8-11/h3-4,7,9,11,16H,5-6,8H2,1-2H3/t9-,11?/m1/s1. The summed E-state index contributed by atoms with van der Waals surface area (Å²) < 4.78 is 23.9. The average molecular weight is 348 g/mol. The maximum Gasteiger partial charge on any atom is 0.152 e. The van der Waals surface area contributed by atoms with E-state index in [2.05, 4.69) is 15.9 Å². The third-order valence-electron chi connectivity index (χ3n) is 3.60. The molecule has 1 fully saturated rings. The molecule has 0 spiro atoms. The van der Waals surface area contributed by atoms with Crippen molar-refractivity contribution in [3.05, 3.63) is 28.2 Å². The summed E-state index contributed by atoms with van der Waals surface area (Å²) in [6, 6.07) is 5.74. The first-order valence-corrected chi connectivity index (χ1v) is 8.82. The molecule has 1 unspecified atom stereocenters. The minimum Gasteiger partial charge on any atom is -0.389 e. The topological polar surface area (TPSA) is 57.6 Å². The molecule has 0 aliphatic carbocycles. The number of nitrogens with zero attached hydrogens (tertiary/aromatic N) is 1. The van der Waals surface area contributed by atoms with Crippen LogP contribution in [0, 0.1) is 0 Å². The van der Waals surface area contributed by atoms with Crippen LogP contribution >= 0.6 is 15.9 Å². The van der Waals surface area contributed by atoms with Gasteiger partial charge in [-0.3, -0.25) is 0 Å². The second-order valence-corrected chi connectivity index (χ2v) is 8.13. The molecule has 1 aromatic rings. The highest BCUT2D eigenvalue weighted by Gasteiger charge is 2.30. The second-order valence-electron chi connectivity index (χ2n) is 5.05. The van der Waals surface area contributed by atoms with Crippen LogP contribution in [-0.2, 0) is 9.84 Å². The summed E-state index contributed by atoms with van der Waals surface area (Å²) in [7, 11) is -0.962. The quantitative estimate of drug-likeness (QED) is 0.909. The van der Waals surface area contributed by atoms with Gasteiger partial charge in [0.1, 0.15) is 0 Å². The zero-order chi connectivity index (χ0) is 14.2. The van der Waals surface area contributed by atoms with Crippen LogP contribution in [0.25, 0.3) is 0 Å². The van der Waals surface area contributed by atoms with Gasteiger partial charge in [-0.25, -0.2) is 8.42 Å². The Labute approximate surface area is 122 Å². The number of benzene rings is 1. The number of hydrogen-bond donors (Lipinski definition) is 1. The predicted molar refractivity (Wildman–Crippen MR) is 80.2 cm³/mol. The van der Waals surface area contributed by atoms with Crippen LogP contribution in [0.15, 0.2) is 22.7 Å². The molecule has 19 heavy (non-hydrogen) atoms. The highest BCUT2D eigenvalue weighted by atomic mass is 79.9. The van der Waals surface area contributed by atoms with Gasteiger partial charge in [0.15, 0.2) is 9.84 Å². The molecule has 2 rings (SSSR count). The fourth-order valence-electron chi connectivity index (χ4n) is 2.37. The number of aliphatic hydroxyl groups is 1. The van der Waals surface area contributed by atoms with E-state index in [1.165, 1.54) is 0 Å². The fourth-order valence-corrected chi connectivity index (χ4v) is 4.84. The van der Waals surface area contributed by atoms with Crippen molar-refractivity contribution in [1.82, 2.24) is 0 Å². The van der Waals surface area contributed by atoms with E-state index in [9.17, 15) is 13.5 Å². The van der Waals surface area contributed by atoms with Crippen LogP contribution in [0.4, 0.5) is 5.69 Å². The van der Waals surface area contributed by atoms with E-state index in [0.717, 1.165) is 15.7 Å². The summed E-state index contributed by atoms with van der Waals surface area (Å²) in [6.07, 6.45) is 0.148. The number of halogens is 1. The van der Waals surface area contributed by atoms with Gasteiger partial charge in [-0.15, -0.1) is 0 Å². The average Bonchev–Trinajstić information content (AvgIpc) is 2.68. The second kappa shape index (κ2) is 5.42. The maximum absolute atomic E-state index is 11.5. The van der Waals surface area contributed by atoms with Crippen LogP contribution in [-0.4, -0.2) is 38.1 Å². The molecule has 1 saturated heterocycles. The van der Waals surface area contributed by atoms with E-state index in [4.69, 9.17) is 0 Å². The van der Waals surface area contributed by atoms with Crippen LogP contribution in [0.1, 0.15) is 25.0 Å². The number of hydrogen-bond acceptors (Lipinski definition) is 4. The van der Waals surface area contributed by atoms with Crippen molar-refractivity contribution in [3.63, 3.8) is 0 Å². The molecule has 0 saturated carbocycles. The minimum atomic E-state index is -2.87. The predicted octanol–water partition coefficient (Wildman–Crippen LogP) is 2.13. The molecular weight excluding hydrogens is 330 g/mol. The molecule has 1 aromatic carbocycles. The molecule has 4 nitrogen and oxygen atoms in total. The zero-order valence-electron chi connectivity index (χ0n) is 11.0. The third-order valence-corrected chi connectivity index (χ3v) is 6.03. The third kappa shape index (κ3) is 3.30. The Balaban J connectivity index is 2.21. The molecule has 1 aliphatic heterocycles. The Bertz CT molecular complexity index is 571. The summed E-state index contributed by atoms with van der Waals surface area (Å²) in [5.41, 5.74) is 1.79. The first-order chi connectivity index (χ1) is 8.80. The molecule has 1 heterocycles. The van der Waals surface area contributed by atoms with Crippen LogP contribution in [0.3, 0.4) is 0 Å². The lowest BCUT2D eigenvalue weighted by Gasteiger charge is -2.26. The van der Waals surface area contributed by atoms with Crippen molar-refractivity contribution < 1.29 is 13.5 Å². The van der Waals surface area contributed by atoms with Gasteiger partial charge in [0.05, 0.1) is 17.6 Å². The van der Waals surface area contributed by atoms with Gasteiger partial charge < -0.3 is 10.0 Å². The summed E-state index contributed by atoms with van der Waals surface area (Å²) >= 11 is 3.44. The van der Waals surface area contributed by atoms with E-state index in [-0.39, 0.29) is 17.5 Å². The number of aliphatic hydroxyl groups excluding tert-OH is 1. The SMILES string of the molecule is C[C@@H](O)c1ccc(N(C)C2CCS(=O)(=O)C2)cc1Br. The summed E-state index contributed by atoms with van der Waals surface area (Å²) in [5.74, 6) is 0.494. The zero-order valence-corrected chi connectivity index (χ0v) is 13.4. The Morgan fingerprint density at radius 2 is 2.16 bits per heavy atom.